The molecule has 1 amide bonds. The van der Waals surface area contributed by atoms with E-state index in [-0.39, 0.29) is 5.91 Å². The lowest BCUT2D eigenvalue weighted by Gasteiger charge is -2.09. The molecule has 20 heavy (non-hydrogen) atoms. The number of nitrogens with one attached hydrogen (secondary N) is 1. The lowest BCUT2D eigenvalue weighted by Crippen LogP contribution is -2.13. The monoisotopic (exact) mass is 285 g/mol. The van der Waals surface area contributed by atoms with Crippen LogP contribution in [0.2, 0.25) is 0 Å². The quantitative estimate of drug-likeness (QED) is 0.824. The van der Waals surface area contributed by atoms with Crippen LogP contribution in [0.15, 0.2) is 53.4 Å². The first-order chi connectivity index (χ1) is 9.65. The van der Waals surface area contributed by atoms with E-state index in [1.807, 2.05) is 44.2 Å². The Morgan fingerprint density at radius 3 is 2.60 bits per heavy atom. The van der Waals surface area contributed by atoms with E-state index in [4.69, 9.17) is 0 Å². The highest BCUT2D eigenvalue weighted by atomic mass is 32.2. The Bertz CT molecular complexity index is 581. The number of aryl methyl sites for hydroxylation is 2. The zero-order chi connectivity index (χ0) is 14.4. The van der Waals surface area contributed by atoms with Gasteiger partial charge >= 0.3 is 0 Å². The van der Waals surface area contributed by atoms with Crippen molar-refractivity contribution in [3.05, 3.63) is 59.7 Å². The normalized spacial score (nSPS) is 10.3. The Hall–Kier alpha value is -1.74. The Kier molecular flexibility index (Phi) is 5.24. The number of hydrogen-bond donors (Lipinski definition) is 1. The number of carbonyl (C=O) groups is 1. The van der Waals surface area contributed by atoms with Crippen molar-refractivity contribution < 1.29 is 4.79 Å². The van der Waals surface area contributed by atoms with Gasteiger partial charge in [-0.2, -0.15) is 0 Å². The fraction of sp³-hybridized carbons (Fsp3) is 0.235. The first kappa shape index (κ1) is 14.7. The summed E-state index contributed by atoms with van der Waals surface area (Å²) in [6, 6.07) is 16.2. The zero-order valence-electron chi connectivity index (χ0n) is 11.8. The van der Waals surface area contributed by atoms with Crippen LogP contribution in [0.25, 0.3) is 0 Å². The molecule has 104 valence electrons. The Labute approximate surface area is 124 Å². The molecule has 0 aliphatic heterocycles. The lowest BCUT2D eigenvalue weighted by molar-refractivity contribution is -0.115. The van der Waals surface area contributed by atoms with Crippen LogP contribution in [0.3, 0.4) is 0 Å². The molecule has 0 atom stereocenters. The van der Waals surface area contributed by atoms with Crippen LogP contribution in [0.4, 0.5) is 5.69 Å². The summed E-state index contributed by atoms with van der Waals surface area (Å²) in [5, 5.41) is 2.99. The first-order valence-corrected chi connectivity index (χ1v) is 7.68. The number of amides is 1. The van der Waals surface area contributed by atoms with Gasteiger partial charge in [0.25, 0.3) is 0 Å². The van der Waals surface area contributed by atoms with Crippen LogP contribution in [0.1, 0.15) is 17.5 Å². The highest BCUT2D eigenvalue weighted by Gasteiger charge is 2.05. The molecule has 0 bridgehead atoms. The van der Waals surface area contributed by atoms with Gasteiger partial charge in [-0.25, -0.2) is 0 Å². The van der Waals surface area contributed by atoms with Crippen molar-refractivity contribution >= 4 is 23.4 Å². The van der Waals surface area contributed by atoms with E-state index in [1.165, 1.54) is 4.90 Å². The second-order valence-corrected chi connectivity index (χ2v) is 5.95. The number of carbonyl (C=O) groups excluding carboxylic acids is 1. The summed E-state index contributed by atoms with van der Waals surface area (Å²) >= 11 is 1.71. The third-order valence-corrected chi connectivity index (χ3v) is 4.02. The molecule has 0 heterocycles. The molecule has 2 aromatic rings. The number of rotatable bonds is 5. The van der Waals surface area contributed by atoms with Gasteiger partial charge in [-0.05, 0) is 43.2 Å². The van der Waals surface area contributed by atoms with Crippen molar-refractivity contribution in [1.82, 2.24) is 0 Å². The molecule has 0 spiro atoms. The SMILES string of the molecule is Cc1ccc(C)c(NC(=O)CCSc2ccccc2)c1. The number of anilines is 1. The molecule has 0 aromatic heterocycles. The van der Waals surface area contributed by atoms with E-state index in [9.17, 15) is 4.79 Å². The van der Waals surface area contributed by atoms with Crippen LogP contribution < -0.4 is 5.32 Å². The zero-order valence-corrected chi connectivity index (χ0v) is 12.7. The van der Waals surface area contributed by atoms with E-state index in [0.717, 1.165) is 22.6 Å². The maximum absolute atomic E-state index is 11.9. The molecule has 1 N–H and O–H groups in total. The molecule has 0 saturated heterocycles. The molecule has 0 aliphatic carbocycles. The molecule has 0 fully saturated rings. The summed E-state index contributed by atoms with van der Waals surface area (Å²) in [5.41, 5.74) is 3.17. The standard InChI is InChI=1S/C17H19NOS/c1-13-8-9-14(2)16(12-13)18-17(19)10-11-20-15-6-4-3-5-7-15/h3-9,12H,10-11H2,1-2H3,(H,18,19). The maximum Gasteiger partial charge on any atom is 0.225 e. The van der Waals surface area contributed by atoms with Crippen molar-refractivity contribution in [2.24, 2.45) is 0 Å². The minimum atomic E-state index is 0.0714. The van der Waals surface area contributed by atoms with Crippen molar-refractivity contribution in [3.63, 3.8) is 0 Å². The molecule has 2 aromatic carbocycles. The Morgan fingerprint density at radius 2 is 1.85 bits per heavy atom. The fourth-order valence-electron chi connectivity index (χ4n) is 1.86. The van der Waals surface area contributed by atoms with Gasteiger partial charge in [-0.3, -0.25) is 4.79 Å². The van der Waals surface area contributed by atoms with Crippen molar-refractivity contribution in [1.29, 1.82) is 0 Å². The van der Waals surface area contributed by atoms with Gasteiger partial charge in [-0.15, -0.1) is 11.8 Å². The molecular formula is C17H19NOS. The molecular weight excluding hydrogens is 266 g/mol. The molecule has 0 saturated carbocycles. The van der Waals surface area contributed by atoms with Crippen LogP contribution in [-0.2, 0) is 4.79 Å². The van der Waals surface area contributed by atoms with E-state index >= 15 is 0 Å². The molecule has 0 aliphatic rings. The Morgan fingerprint density at radius 1 is 1.10 bits per heavy atom. The van der Waals surface area contributed by atoms with Crippen LogP contribution in [0, 0.1) is 13.8 Å². The van der Waals surface area contributed by atoms with Crippen LogP contribution in [-0.4, -0.2) is 11.7 Å². The second kappa shape index (κ2) is 7.15. The molecule has 0 radical (unpaired) electrons. The smallest absolute Gasteiger partial charge is 0.225 e. The van der Waals surface area contributed by atoms with Gasteiger partial charge in [0, 0.05) is 22.8 Å². The summed E-state index contributed by atoms with van der Waals surface area (Å²) in [6.07, 6.45) is 0.521. The average molecular weight is 285 g/mol. The maximum atomic E-state index is 11.9. The van der Waals surface area contributed by atoms with Gasteiger partial charge in [0.2, 0.25) is 5.91 Å². The van der Waals surface area contributed by atoms with Gasteiger partial charge in [0.05, 0.1) is 0 Å². The van der Waals surface area contributed by atoms with E-state index in [0.29, 0.717) is 6.42 Å². The minimum absolute atomic E-state index is 0.0714. The van der Waals surface area contributed by atoms with Crippen molar-refractivity contribution in [2.75, 3.05) is 11.1 Å². The number of benzene rings is 2. The molecule has 2 nitrogen and oxygen atoms in total. The molecule has 2 rings (SSSR count). The third kappa shape index (κ3) is 4.42. The summed E-state index contributed by atoms with van der Waals surface area (Å²) < 4.78 is 0. The predicted molar refractivity (Wildman–Crippen MR) is 86.3 cm³/mol. The highest BCUT2D eigenvalue weighted by molar-refractivity contribution is 7.99. The molecule has 0 unspecified atom stereocenters. The summed E-state index contributed by atoms with van der Waals surface area (Å²) in [5.74, 6) is 0.864. The summed E-state index contributed by atoms with van der Waals surface area (Å²) in [7, 11) is 0. The van der Waals surface area contributed by atoms with Gasteiger partial charge < -0.3 is 5.32 Å². The largest absolute Gasteiger partial charge is 0.326 e. The first-order valence-electron chi connectivity index (χ1n) is 6.70. The minimum Gasteiger partial charge on any atom is -0.326 e. The topological polar surface area (TPSA) is 29.1 Å². The van der Waals surface area contributed by atoms with Crippen molar-refractivity contribution in [3.8, 4) is 0 Å². The highest BCUT2D eigenvalue weighted by Crippen LogP contribution is 2.19. The van der Waals surface area contributed by atoms with Gasteiger partial charge in [-0.1, -0.05) is 30.3 Å². The third-order valence-electron chi connectivity index (χ3n) is 3.01. The average Bonchev–Trinajstić information content (AvgIpc) is 2.44. The fourth-order valence-corrected chi connectivity index (χ4v) is 2.73. The molecule has 3 heteroatoms. The van der Waals surface area contributed by atoms with Crippen LogP contribution in [0.5, 0.6) is 0 Å². The second-order valence-electron chi connectivity index (χ2n) is 4.78. The number of thioether (sulfide) groups is 1. The Balaban J connectivity index is 1.82. The summed E-state index contributed by atoms with van der Waals surface area (Å²) in [4.78, 5) is 13.1. The predicted octanol–water partition coefficient (Wildman–Crippen LogP) is 4.42. The van der Waals surface area contributed by atoms with Crippen LogP contribution >= 0.6 is 11.8 Å². The van der Waals surface area contributed by atoms with E-state index in [2.05, 4.69) is 23.5 Å². The summed E-state index contributed by atoms with van der Waals surface area (Å²) in [6.45, 7) is 4.04. The van der Waals surface area contributed by atoms with E-state index in [1.54, 1.807) is 11.8 Å². The van der Waals surface area contributed by atoms with Gasteiger partial charge in [0.15, 0.2) is 0 Å². The van der Waals surface area contributed by atoms with E-state index < -0.39 is 0 Å². The van der Waals surface area contributed by atoms with Gasteiger partial charge in [0.1, 0.15) is 0 Å². The van der Waals surface area contributed by atoms with Crippen molar-refractivity contribution in [2.45, 2.75) is 25.2 Å². The number of hydrogen-bond acceptors (Lipinski definition) is 2. The lowest BCUT2D eigenvalue weighted by atomic mass is 10.1.